The van der Waals surface area contributed by atoms with Gasteiger partial charge in [-0.3, -0.25) is 9.59 Å². The highest BCUT2D eigenvalue weighted by Crippen LogP contribution is 2.13. The van der Waals surface area contributed by atoms with Crippen molar-refractivity contribution in [2.75, 3.05) is 18.1 Å². The van der Waals surface area contributed by atoms with Gasteiger partial charge in [0.15, 0.2) is 0 Å². The monoisotopic (exact) mass is 310 g/mol. The summed E-state index contributed by atoms with van der Waals surface area (Å²) in [5.41, 5.74) is 6.58. The molecule has 0 aliphatic rings. The Kier molecular flexibility index (Phi) is 7.85. The van der Waals surface area contributed by atoms with Crippen LogP contribution in [0.5, 0.6) is 0 Å². The molecule has 1 aromatic rings. The molecule has 0 spiro atoms. The number of thioether (sulfide) groups is 1. The molecule has 0 heterocycles. The maximum atomic E-state index is 11.7. The molecule has 116 valence electrons. The van der Waals surface area contributed by atoms with Gasteiger partial charge in [0.25, 0.3) is 0 Å². The van der Waals surface area contributed by atoms with Crippen molar-refractivity contribution in [3.8, 4) is 0 Å². The molecule has 1 amide bonds. The van der Waals surface area contributed by atoms with Crippen LogP contribution in [0.25, 0.3) is 0 Å². The number of hydrogen-bond donors (Lipinski definition) is 3. The van der Waals surface area contributed by atoms with Crippen LogP contribution in [0.2, 0.25) is 0 Å². The lowest BCUT2D eigenvalue weighted by Crippen LogP contribution is -2.31. The number of nitrogens with one attached hydrogen (secondary N) is 1. The highest BCUT2D eigenvalue weighted by atomic mass is 32.2. The van der Waals surface area contributed by atoms with Crippen molar-refractivity contribution < 1.29 is 14.7 Å². The first kappa shape index (κ1) is 17.5. The van der Waals surface area contributed by atoms with Crippen molar-refractivity contribution in [3.63, 3.8) is 0 Å². The fourth-order valence-corrected chi connectivity index (χ4v) is 2.57. The summed E-state index contributed by atoms with van der Waals surface area (Å²) in [5, 5.41) is 11.5. The minimum Gasteiger partial charge on any atom is -0.480 e. The minimum absolute atomic E-state index is 0.0355. The average molecular weight is 310 g/mol. The van der Waals surface area contributed by atoms with Gasteiger partial charge in [0.2, 0.25) is 5.91 Å². The van der Waals surface area contributed by atoms with Gasteiger partial charge in [-0.1, -0.05) is 37.3 Å². The molecule has 0 aliphatic heterocycles. The molecule has 1 aromatic carbocycles. The predicted octanol–water partition coefficient (Wildman–Crippen LogP) is 1.44. The molecule has 2 unspecified atom stereocenters. The molecular formula is C15H22N2O3S. The summed E-state index contributed by atoms with van der Waals surface area (Å²) in [6, 6.07) is 9.16. The SMILES string of the molecule is CC(CNC(=O)CSCCC(N)C(=O)O)c1ccccc1. The zero-order valence-corrected chi connectivity index (χ0v) is 12.9. The molecule has 21 heavy (non-hydrogen) atoms. The van der Waals surface area contributed by atoms with Crippen LogP contribution in [0.15, 0.2) is 30.3 Å². The van der Waals surface area contributed by atoms with E-state index in [1.807, 2.05) is 30.3 Å². The third-order valence-electron chi connectivity index (χ3n) is 3.10. The summed E-state index contributed by atoms with van der Waals surface area (Å²) in [6.07, 6.45) is 0.369. The maximum absolute atomic E-state index is 11.7. The number of amides is 1. The van der Waals surface area contributed by atoms with E-state index in [1.54, 1.807) is 0 Å². The third kappa shape index (κ3) is 7.15. The van der Waals surface area contributed by atoms with E-state index in [4.69, 9.17) is 10.8 Å². The van der Waals surface area contributed by atoms with Crippen molar-refractivity contribution >= 4 is 23.6 Å². The first-order valence-electron chi connectivity index (χ1n) is 6.88. The van der Waals surface area contributed by atoms with Crippen LogP contribution in [0.3, 0.4) is 0 Å². The number of carboxylic acid groups (broad SMARTS) is 1. The molecule has 0 saturated heterocycles. The zero-order valence-electron chi connectivity index (χ0n) is 12.1. The lowest BCUT2D eigenvalue weighted by Gasteiger charge is -2.13. The minimum atomic E-state index is -1.00. The number of nitrogens with two attached hydrogens (primary N) is 1. The summed E-state index contributed by atoms with van der Waals surface area (Å²) in [7, 11) is 0. The summed E-state index contributed by atoms with van der Waals surface area (Å²) in [6.45, 7) is 2.66. The fourth-order valence-electron chi connectivity index (χ4n) is 1.72. The van der Waals surface area contributed by atoms with Gasteiger partial charge in [-0.25, -0.2) is 0 Å². The number of carbonyl (C=O) groups excluding carboxylic acids is 1. The molecule has 0 aromatic heterocycles. The van der Waals surface area contributed by atoms with Crippen LogP contribution in [0, 0.1) is 0 Å². The Bertz CT molecular complexity index is 453. The van der Waals surface area contributed by atoms with Crippen molar-refractivity contribution in [2.24, 2.45) is 5.73 Å². The zero-order chi connectivity index (χ0) is 15.7. The number of hydrogen-bond acceptors (Lipinski definition) is 4. The van der Waals surface area contributed by atoms with Crippen LogP contribution in [-0.4, -0.2) is 41.1 Å². The van der Waals surface area contributed by atoms with E-state index < -0.39 is 12.0 Å². The molecule has 5 nitrogen and oxygen atoms in total. The van der Waals surface area contributed by atoms with Gasteiger partial charge in [0.05, 0.1) is 5.75 Å². The van der Waals surface area contributed by atoms with E-state index in [1.165, 1.54) is 17.3 Å². The Hall–Kier alpha value is -1.53. The first-order valence-corrected chi connectivity index (χ1v) is 8.04. The second-order valence-electron chi connectivity index (χ2n) is 4.90. The third-order valence-corrected chi connectivity index (χ3v) is 4.09. The average Bonchev–Trinajstić information content (AvgIpc) is 2.49. The van der Waals surface area contributed by atoms with Crippen molar-refractivity contribution in [2.45, 2.75) is 25.3 Å². The molecule has 0 saturated carbocycles. The highest BCUT2D eigenvalue weighted by Gasteiger charge is 2.11. The number of carboxylic acids is 1. The van der Waals surface area contributed by atoms with E-state index in [2.05, 4.69) is 12.2 Å². The molecule has 1 rings (SSSR count). The van der Waals surface area contributed by atoms with Crippen LogP contribution in [0.4, 0.5) is 0 Å². The molecule has 0 aliphatic carbocycles. The van der Waals surface area contributed by atoms with Crippen molar-refractivity contribution in [3.05, 3.63) is 35.9 Å². The van der Waals surface area contributed by atoms with Gasteiger partial charge in [0.1, 0.15) is 6.04 Å². The second-order valence-corrected chi connectivity index (χ2v) is 6.01. The van der Waals surface area contributed by atoms with Crippen molar-refractivity contribution in [1.82, 2.24) is 5.32 Å². The largest absolute Gasteiger partial charge is 0.480 e. The Morgan fingerprint density at radius 3 is 2.62 bits per heavy atom. The summed E-state index contributed by atoms with van der Waals surface area (Å²) in [4.78, 5) is 22.2. The van der Waals surface area contributed by atoms with Gasteiger partial charge >= 0.3 is 5.97 Å². The summed E-state index contributed by atoms with van der Waals surface area (Å²) in [5.74, 6) is 0.118. The van der Waals surface area contributed by atoms with Crippen LogP contribution in [-0.2, 0) is 9.59 Å². The van der Waals surface area contributed by atoms with Crippen LogP contribution < -0.4 is 11.1 Å². The summed E-state index contributed by atoms with van der Waals surface area (Å²) >= 11 is 1.40. The molecule has 0 radical (unpaired) electrons. The fraction of sp³-hybridized carbons (Fsp3) is 0.467. The Labute approximate surface area is 129 Å². The van der Waals surface area contributed by atoms with Crippen LogP contribution in [0.1, 0.15) is 24.8 Å². The number of rotatable bonds is 9. The molecule has 6 heteroatoms. The highest BCUT2D eigenvalue weighted by molar-refractivity contribution is 7.99. The number of aliphatic carboxylic acids is 1. The lowest BCUT2D eigenvalue weighted by atomic mass is 10.0. The van der Waals surface area contributed by atoms with Crippen LogP contribution >= 0.6 is 11.8 Å². The Balaban J connectivity index is 2.15. The summed E-state index contributed by atoms with van der Waals surface area (Å²) < 4.78 is 0. The normalized spacial score (nSPS) is 13.4. The predicted molar refractivity (Wildman–Crippen MR) is 85.4 cm³/mol. The Morgan fingerprint density at radius 2 is 2.00 bits per heavy atom. The van der Waals surface area contributed by atoms with Gasteiger partial charge in [-0.15, -0.1) is 0 Å². The van der Waals surface area contributed by atoms with Gasteiger partial charge in [-0.2, -0.15) is 11.8 Å². The number of carbonyl (C=O) groups is 2. The second kappa shape index (κ2) is 9.41. The molecule has 0 bridgehead atoms. The molecular weight excluding hydrogens is 288 g/mol. The standard InChI is InChI=1S/C15H22N2O3S/c1-11(12-5-3-2-4-6-12)9-17-14(18)10-21-8-7-13(16)15(19)20/h2-6,11,13H,7-10,16H2,1H3,(H,17,18)(H,19,20). The van der Waals surface area contributed by atoms with Gasteiger partial charge < -0.3 is 16.2 Å². The van der Waals surface area contributed by atoms with E-state index in [9.17, 15) is 9.59 Å². The van der Waals surface area contributed by atoms with Gasteiger partial charge in [-0.05, 0) is 23.7 Å². The lowest BCUT2D eigenvalue weighted by molar-refractivity contribution is -0.138. The molecule has 2 atom stereocenters. The topological polar surface area (TPSA) is 92.4 Å². The van der Waals surface area contributed by atoms with E-state index in [0.29, 0.717) is 24.5 Å². The Morgan fingerprint density at radius 1 is 1.33 bits per heavy atom. The first-order chi connectivity index (χ1) is 10.0. The van der Waals surface area contributed by atoms with E-state index in [-0.39, 0.29) is 11.8 Å². The van der Waals surface area contributed by atoms with Crippen molar-refractivity contribution in [1.29, 1.82) is 0 Å². The molecule has 0 fully saturated rings. The van der Waals surface area contributed by atoms with E-state index >= 15 is 0 Å². The molecule has 4 N–H and O–H groups in total. The maximum Gasteiger partial charge on any atom is 0.320 e. The quantitative estimate of drug-likeness (QED) is 0.600. The van der Waals surface area contributed by atoms with E-state index in [0.717, 1.165) is 0 Å². The van der Waals surface area contributed by atoms with Gasteiger partial charge in [0, 0.05) is 6.54 Å². The number of benzene rings is 1. The smallest absolute Gasteiger partial charge is 0.320 e.